The number of carbonyl (C=O) groups is 1. The van der Waals surface area contributed by atoms with Crippen LogP contribution in [0.3, 0.4) is 0 Å². The molecule has 1 atom stereocenters. The Labute approximate surface area is 165 Å². The molecule has 0 saturated carbocycles. The summed E-state index contributed by atoms with van der Waals surface area (Å²) in [5, 5.41) is 2.73. The first kappa shape index (κ1) is 19.2. The molecule has 1 aromatic heterocycles. The van der Waals surface area contributed by atoms with E-state index in [0.29, 0.717) is 30.9 Å². The summed E-state index contributed by atoms with van der Waals surface area (Å²) in [6, 6.07) is 5.59. The van der Waals surface area contributed by atoms with Gasteiger partial charge in [-0.25, -0.2) is 9.18 Å². The van der Waals surface area contributed by atoms with Crippen molar-refractivity contribution in [1.29, 1.82) is 0 Å². The molecule has 1 fully saturated rings. The number of piperazine rings is 1. The van der Waals surface area contributed by atoms with E-state index in [4.69, 9.17) is 0 Å². The van der Waals surface area contributed by atoms with Gasteiger partial charge in [0.2, 0.25) is 0 Å². The number of anilines is 1. The molecule has 154 valence electrons. The van der Waals surface area contributed by atoms with Gasteiger partial charge in [0.25, 0.3) is 0 Å². The summed E-state index contributed by atoms with van der Waals surface area (Å²) in [4.78, 5) is 19.9. The number of benzene rings is 1. The van der Waals surface area contributed by atoms with Crippen LogP contribution in [0.4, 0.5) is 23.7 Å². The molecule has 4 rings (SSSR count). The molecule has 1 unspecified atom stereocenters. The molecule has 1 saturated heterocycles. The third-order valence-corrected chi connectivity index (χ3v) is 4.92. The standard InChI is InChI=1S/C19H19F3N4O3/c1-12-11-25(15-5-6-23-10-14(15)20)7-8-26(12)18(27)24-9-13-3-2-4-16-17(13)29-19(21,22)28-16/h2-6,10,12H,7-9,11H2,1H3,(H,24,27). The normalized spacial score (nSPS) is 19.9. The van der Waals surface area contributed by atoms with Crippen molar-refractivity contribution in [1.82, 2.24) is 15.2 Å². The number of ether oxygens (including phenoxy) is 2. The lowest BCUT2D eigenvalue weighted by molar-refractivity contribution is -0.286. The molecule has 1 aromatic carbocycles. The second kappa shape index (κ2) is 7.34. The van der Waals surface area contributed by atoms with Crippen molar-refractivity contribution in [3.63, 3.8) is 0 Å². The first-order valence-corrected chi connectivity index (χ1v) is 9.11. The van der Waals surface area contributed by atoms with Crippen LogP contribution in [-0.4, -0.2) is 47.9 Å². The average Bonchev–Trinajstić information content (AvgIpc) is 3.00. The quantitative estimate of drug-likeness (QED) is 0.846. The highest BCUT2D eigenvalue weighted by Crippen LogP contribution is 2.43. The van der Waals surface area contributed by atoms with Crippen LogP contribution >= 0.6 is 0 Å². The van der Waals surface area contributed by atoms with Crippen molar-refractivity contribution in [2.24, 2.45) is 0 Å². The summed E-state index contributed by atoms with van der Waals surface area (Å²) < 4.78 is 49.5. The SMILES string of the molecule is CC1CN(c2ccncc2F)CCN1C(=O)NCc1cccc2c1OC(F)(F)O2. The molecule has 1 N–H and O–H groups in total. The molecule has 0 aliphatic carbocycles. The van der Waals surface area contributed by atoms with E-state index >= 15 is 0 Å². The van der Waals surface area contributed by atoms with Crippen LogP contribution in [0.1, 0.15) is 12.5 Å². The second-order valence-corrected chi connectivity index (χ2v) is 6.89. The van der Waals surface area contributed by atoms with Crippen molar-refractivity contribution in [3.8, 4) is 11.5 Å². The maximum atomic E-state index is 14.0. The number of hydrogen-bond donors (Lipinski definition) is 1. The molecular weight excluding hydrogens is 389 g/mol. The van der Waals surface area contributed by atoms with Gasteiger partial charge in [-0.3, -0.25) is 4.98 Å². The number of carbonyl (C=O) groups excluding carboxylic acids is 1. The van der Waals surface area contributed by atoms with E-state index in [1.807, 2.05) is 11.8 Å². The third kappa shape index (κ3) is 3.87. The molecule has 3 heterocycles. The summed E-state index contributed by atoms with van der Waals surface area (Å²) in [5.41, 5.74) is 0.836. The summed E-state index contributed by atoms with van der Waals surface area (Å²) >= 11 is 0. The van der Waals surface area contributed by atoms with E-state index in [-0.39, 0.29) is 30.1 Å². The molecule has 29 heavy (non-hydrogen) atoms. The highest BCUT2D eigenvalue weighted by atomic mass is 19.3. The van der Waals surface area contributed by atoms with Gasteiger partial charge >= 0.3 is 12.3 Å². The largest absolute Gasteiger partial charge is 0.586 e. The highest BCUT2D eigenvalue weighted by Gasteiger charge is 2.44. The maximum Gasteiger partial charge on any atom is 0.586 e. The number of pyridine rings is 1. The van der Waals surface area contributed by atoms with Crippen LogP contribution in [0.25, 0.3) is 0 Å². The molecule has 2 aliphatic heterocycles. The van der Waals surface area contributed by atoms with E-state index < -0.39 is 12.1 Å². The number of amides is 2. The van der Waals surface area contributed by atoms with Gasteiger partial charge in [-0.1, -0.05) is 12.1 Å². The number of rotatable bonds is 3. The van der Waals surface area contributed by atoms with Gasteiger partial charge in [0, 0.05) is 44.0 Å². The van der Waals surface area contributed by atoms with E-state index in [9.17, 15) is 18.0 Å². The summed E-state index contributed by atoms with van der Waals surface area (Å²) in [5.74, 6) is -0.554. The number of para-hydroxylation sites is 1. The average molecular weight is 408 g/mol. The van der Waals surface area contributed by atoms with Gasteiger partial charge in [-0.15, -0.1) is 8.78 Å². The van der Waals surface area contributed by atoms with Crippen LogP contribution in [0.15, 0.2) is 36.7 Å². The topological polar surface area (TPSA) is 66.9 Å². The molecule has 7 nitrogen and oxygen atoms in total. The van der Waals surface area contributed by atoms with Gasteiger partial charge in [-0.2, -0.15) is 0 Å². The Kier molecular flexibility index (Phi) is 4.85. The number of hydrogen-bond acceptors (Lipinski definition) is 5. The number of fused-ring (bicyclic) bond motifs is 1. The first-order chi connectivity index (χ1) is 13.8. The van der Waals surface area contributed by atoms with Gasteiger partial charge in [0.15, 0.2) is 17.3 Å². The number of alkyl halides is 2. The number of nitrogens with zero attached hydrogens (tertiary/aromatic N) is 3. The van der Waals surface area contributed by atoms with Crippen LogP contribution in [-0.2, 0) is 6.54 Å². The number of halogens is 3. The number of aromatic nitrogens is 1. The summed E-state index contributed by atoms with van der Waals surface area (Å²) in [6.07, 6.45) is -1.03. The Morgan fingerprint density at radius 2 is 2.14 bits per heavy atom. The van der Waals surface area contributed by atoms with Crippen LogP contribution in [0.2, 0.25) is 0 Å². The van der Waals surface area contributed by atoms with E-state index in [2.05, 4.69) is 19.8 Å². The molecule has 0 spiro atoms. The molecule has 0 radical (unpaired) electrons. The molecular formula is C19H19F3N4O3. The zero-order valence-electron chi connectivity index (χ0n) is 15.6. The minimum Gasteiger partial charge on any atom is -0.395 e. The Balaban J connectivity index is 1.37. The first-order valence-electron chi connectivity index (χ1n) is 9.11. The molecule has 2 aliphatic rings. The molecule has 2 amide bonds. The third-order valence-electron chi connectivity index (χ3n) is 4.92. The van der Waals surface area contributed by atoms with Crippen molar-refractivity contribution in [2.75, 3.05) is 24.5 Å². The fraction of sp³-hybridized carbons (Fsp3) is 0.368. The van der Waals surface area contributed by atoms with Crippen LogP contribution in [0.5, 0.6) is 11.5 Å². The monoisotopic (exact) mass is 408 g/mol. The van der Waals surface area contributed by atoms with Gasteiger partial charge < -0.3 is 24.6 Å². The predicted octanol–water partition coefficient (Wildman–Crippen LogP) is 2.96. The van der Waals surface area contributed by atoms with Gasteiger partial charge in [0.05, 0.1) is 11.9 Å². The number of urea groups is 1. The lowest BCUT2D eigenvalue weighted by Crippen LogP contribution is -2.56. The molecule has 10 heteroatoms. The zero-order chi connectivity index (χ0) is 20.6. The van der Waals surface area contributed by atoms with Crippen LogP contribution < -0.4 is 19.7 Å². The highest BCUT2D eigenvalue weighted by molar-refractivity contribution is 5.75. The van der Waals surface area contributed by atoms with Crippen LogP contribution in [0, 0.1) is 5.82 Å². The minimum absolute atomic E-state index is 0.00731. The van der Waals surface area contributed by atoms with E-state index in [1.54, 1.807) is 23.1 Å². The van der Waals surface area contributed by atoms with Crippen molar-refractivity contribution in [2.45, 2.75) is 25.8 Å². The van der Waals surface area contributed by atoms with Crippen molar-refractivity contribution in [3.05, 3.63) is 48.0 Å². The second-order valence-electron chi connectivity index (χ2n) is 6.89. The lowest BCUT2D eigenvalue weighted by Gasteiger charge is -2.40. The lowest BCUT2D eigenvalue weighted by atomic mass is 10.1. The van der Waals surface area contributed by atoms with Gasteiger partial charge in [0.1, 0.15) is 0 Å². The van der Waals surface area contributed by atoms with E-state index in [1.165, 1.54) is 12.3 Å². The fourth-order valence-corrected chi connectivity index (χ4v) is 3.54. The van der Waals surface area contributed by atoms with Crippen molar-refractivity contribution >= 4 is 11.7 Å². The Morgan fingerprint density at radius 1 is 1.31 bits per heavy atom. The van der Waals surface area contributed by atoms with Crippen molar-refractivity contribution < 1.29 is 27.4 Å². The number of nitrogens with one attached hydrogen (secondary N) is 1. The Morgan fingerprint density at radius 3 is 2.90 bits per heavy atom. The van der Waals surface area contributed by atoms with Gasteiger partial charge in [-0.05, 0) is 19.1 Å². The summed E-state index contributed by atoms with van der Waals surface area (Å²) in [7, 11) is 0. The van der Waals surface area contributed by atoms with E-state index in [0.717, 1.165) is 6.20 Å². The Bertz CT molecular complexity index is 927. The molecule has 0 bridgehead atoms. The zero-order valence-corrected chi connectivity index (χ0v) is 15.6. The predicted molar refractivity (Wildman–Crippen MR) is 97.5 cm³/mol. The minimum atomic E-state index is -3.71. The smallest absolute Gasteiger partial charge is 0.395 e. The summed E-state index contributed by atoms with van der Waals surface area (Å²) in [6.45, 7) is 3.18. The molecule has 2 aromatic rings. The fourth-order valence-electron chi connectivity index (χ4n) is 3.54. The Hall–Kier alpha value is -3.17. The maximum absolute atomic E-state index is 14.0.